The summed E-state index contributed by atoms with van der Waals surface area (Å²) in [6.07, 6.45) is 1.40. The van der Waals surface area contributed by atoms with Gasteiger partial charge in [-0.05, 0) is 18.1 Å². The summed E-state index contributed by atoms with van der Waals surface area (Å²) in [7, 11) is 0. The van der Waals surface area contributed by atoms with Gasteiger partial charge in [0.1, 0.15) is 5.69 Å². The Hall–Kier alpha value is -1.53. The van der Waals surface area contributed by atoms with Gasteiger partial charge >= 0.3 is 5.97 Å². The van der Waals surface area contributed by atoms with E-state index in [9.17, 15) is 4.79 Å². The van der Waals surface area contributed by atoms with Gasteiger partial charge in [0.15, 0.2) is 0 Å². The van der Waals surface area contributed by atoms with Gasteiger partial charge < -0.3 is 5.11 Å². The van der Waals surface area contributed by atoms with Crippen LogP contribution >= 0.6 is 11.6 Å². The molecule has 1 heterocycles. The minimum absolute atomic E-state index is 0.175. The molecule has 13 heavy (non-hydrogen) atoms. The van der Waals surface area contributed by atoms with Crippen LogP contribution in [0.25, 0.3) is 0 Å². The van der Waals surface area contributed by atoms with Crippen molar-refractivity contribution in [3.05, 3.63) is 29.6 Å². The van der Waals surface area contributed by atoms with Crippen molar-refractivity contribution in [3.63, 3.8) is 0 Å². The second-order valence-corrected chi connectivity index (χ2v) is 2.44. The van der Waals surface area contributed by atoms with Crippen molar-refractivity contribution in [2.45, 2.75) is 0 Å². The van der Waals surface area contributed by atoms with Crippen LogP contribution in [0.3, 0.4) is 0 Å². The van der Waals surface area contributed by atoms with Crippen LogP contribution in [-0.2, 0) is 0 Å². The van der Waals surface area contributed by atoms with Gasteiger partial charge in [-0.15, -0.1) is 11.6 Å². The lowest BCUT2D eigenvalue weighted by atomic mass is 10.2. The van der Waals surface area contributed by atoms with E-state index in [4.69, 9.17) is 16.7 Å². The standard InChI is InChI=1S/C9H6ClNO2/c10-4-1-2-8-6-7(9(12)13)3-5-11-8/h3,5-6H,4H2,(H,12,13). The van der Waals surface area contributed by atoms with Gasteiger partial charge in [0, 0.05) is 6.20 Å². The number of alkyl halides is 1. The molecule has 1 N–H and O–H groups in total. The van der Waals surface area contributed by atoms with Crippen molar-refractivity contribution >= 4 is 17.6 Å². The average Bonchev–Trinajstić information content (AvgIpc) is 2.15. The lowest BCUT2D eigenvalue weighted by Crippen LogP contribution is -1.97. The minimum Gasteiger partial charge on any atom is -0.478 e. The van der Waals surface area contributed by atoms with Crippen molar-refractivity contribution in [2.24, 2.45) is 0 Å². The molecule has 0 saturated heterocycles. The summed E-state index contributed by atoms with van der Waals surface area (Å²) in [4.78, 5) is 14.4. The predicted molar refractivity (Wildman–Crippen MR) is 48.8 cm³/mol. The number of carboxylic acid groups (broad SMARTS) is 1. The highest BCUT2D eigenvalue weighted by Gasteiger charge is 2.01. The van der Waals surface area contributed by atoms with E-state index in [0.717, 1.165) is 0 Å². The second kappa shape index (κ2) is 4.48. The summed E-state index contributed by atoms with van der Waals surface area (Å²) in [5, 5.41) is 8.63. The number of aromatic carboxylic acids is 1. The molecular weight excluding hydrogens is 190 g/mol. The third kappa shape index (κ3) is 2.77. The highest BCUT2D eigenvalue weighted by molar-refractivity contribution is 6.19. The Morgan fingerprint density at radius 1 is 1.69 bits per heavy atom. The number of rotatable bonds is 1. The van der Waals surface area contributed by atoms with Gasteiger partial charge in [-0.3, -0.25) is 0 Å². The first-order chi connectivity index (χ1) is 6.24. The van der Waals surface area contributed by atoms with Crippen LogP contribution in [-0.4, -0.2) is 21.9 Å². The van der Waals surface area contributed by atoms with Crippen LogP contribution in [0.4, 0.5) is 0 Å². The summed E-state index contributed by atoms with van der Waals surface area (Å²) in [6.45, 7) is 0. The Bertz CT molecular complexity index is 379. The number of pyridine rings is 1. The first-order valence-corrected chi connectivity index (χ1v) is 4.01. The fourth-order valence-electron chi connectivity index (χ4n) is 0.756. The van der Waals surface area contributed by atoms with Crippen molar-refractivity contribution < 1.29 is 9.90 Å². The number of carbonyl (C=O) groups is 1. The number of aromatic nitrogens is 1. The van der Waals surface area contributed by atoms with Gasteiger partial charge in [-0.25, -0.2) is 9.78 Å². The Morgan fingerprint density at radius 3 is 3.08 bits per heavy atom. The maximum absolute atomic E-state index is 10.5. The average molecular weight is 196 g/mol. The summed E-state index contributed by atoms with van der Waals surface area (Å²) in [5.41, 5.74) is 0.592. The zero-order valence-corrected chi connectivity index (χ0v) is 7.38. The van der Waals surface area contributed by atoms with E-state index in [1.807, 2.05) is 0 Å². The normalized spacial score (nSPS) is 8.69. The minimum atomic E-state index is -0.990. The van der Waals surface area contributed by atoms with Crippen LogP contribution in [0.1, 0.15) is 16.1 Å². The van der Waals surface area contributed by atoms with Gasteiger partial charge in [-0.1, -0.05) is 5.92 Å². The zero-order valence-electron chi connectivity index (χ0n) is 6.62. The molecule has 0 spiro atoms. The zero-order chi connectivity index (χ0) is 9.68. The number of hydrogen-bond acceptors (Lipinski definition) is 2. The molecule has 1 aromatic heterocycles. The summed E-state index contributed by atoms with van der Waals surface area (Å²) >= 11 is 5.34. The maximum Gasteiger partial charge on any atom is 0.335 e. The second-order valence-electron chi connectivity index (χ2n) is 2.17. The Labute approximate surface area is 80.4 Å². The lowest BCUT2D eigenvalue weighted by Gasteiger charge is -1.92. The molecule has 0 atom stereocenters. The van der Waals surface area contributed by atoms with Crippen molar-refractivity contribution in [2.75, 3.05) is 5.88 Å². The third-order valence-electron chi connectivity index (χ3n) is 1.29. The van der Waals surface area contributed by atoms with Crippen molar-refractivity contribution in [3.8, 4) is 11.8 Å². The third-order valence-corrected chi connectivity index (χ3v) is 1.42. The molecule has 1 rings (SSSR count). The molecule has 0 unspecified atom stereocenters. The Morgan fingerprint density at radius 2 is 2.46 bits per heavy atom. The molecule has 4 heteroatoms. The number of nitrogens with zero attached hydrogens (tertiary/aromatic N) is 1. The molecule has 0 amide bonds. The van der Waals surface area contributed by atoms with Crippen LogP contribution < -0.4 is 0 Å². The van der Waals surface area contributed by atoms with E-state index in [-0.39, 0.29) is 11.4 Å². The largest absolute Gasteiger partial charge is 0.478 e. The van der Waals surface area contributed by atoms with E-state index in [0.29, 0.717) is 5.69 Å². The molecule has 0 aliphatic carbocycles. The maximum atomic E-state index is 10.5. The molecule has 3 nitrogen and oxygen atoms in total. The molecule has 0 saturated carbocycles. The van der Waals surface area contributed by atoms with E-state index in [1.165, 1.54) is 18.3 Å². The quantitative estimate of drug-likeness (QED) is 0.544. The van der Waals surface area contributed by atoms with Crippen LogP contribution in [0.5, 0.6) is 0 Å². The van der Waals surface area contributed by atoms with Gasteiger partial charge in [0.2, 0.25) is 0 Å². The number of hydrogen-bond donors (Lipinski definition) is 1. The summed E-state index contributed by atoms with van der Waals surface area (Å²) < 4.78 is 0. The Balaban J connectivity index is 2.98. The van der Waals surface area contributed by atoms with Crippen molar-refractivity contribution in [1.82, 2.24) is 4.98 Å². The molecule has 0 bridgehead atoms. The van der Waals surface area contributed by atoms with Crippen LogP contribution in [0.2, 0.25) is 0 Å². The predicted octanol–water partition coefficient (Wildman–Crippen LogP) is 1.37. The first kappa shape index (κ1) is 9.56. The number of halogens is 1. The van der Waals surface area contributed by atoms with Gasteiger partial charge in [0.25, 0.3) is 0 Å². The highest BCUT2D eigenvalue weighted by atomic mass is 35.5. The monoisotopic (exact) mass is 195 g/mol. The molecule has 0 radical (unpaired) electrons. The lowest BCUT2D eigenvalue weighted by molar-refractivity contribution is 0.0696. The number of carboxylic acids is 1. The molecule has 0 aliphatic heterocycles. The molecule has 66 valence electrons. The molecule has 0 fully saturated rings. The smallest absolute Gasteiger partial charge is 0.335 e. The van der Waals surface area contributed by atoms with E-state index < -0.39 is 5.97 Å². The van der Waals surface area contributed by atoms with Crippen molar-refractivity contribution in [1.29, 1.82) is 0 Å². The SMILES string of the molecule is O=C(O)c1ccnc(C#CCCl)c1. The fraction of sp³-hybridized carbons (Fsp3) is 0.111. The summed E-state index contributed by atoms with van der Waals surface area (Å²) in [6, 6.07) is 2.82. The van der Waals surface area contributed by atoms with E-state index in [1.54, 1.807) is 0 Å². The van der Waals surface area contributed by atoms with Crippen LogP contribution in [0, 0.1) is 11.8 Å². The molecule has 0 aromatic carbocycles. The van der Waals surface area contributed by atoms with Gasteiger partial charge in [-0.2, -0.15) is 0 Å². The summed E-state index contributed by atoms with van der Waals surface area (Å²) in [5.74, 6) is 4.44. The Kier molecular flexibility index (Phi) is 3.30. The highest BCUT2D eigenvalue weighted by Crippen LogP contribution is 2.00. The topological polar surface area (TPSA) is 50.2 Å². The van der Waals surface area contributed by atoms with E-state index >= 15 is 0 Å². The van der Waals surface area contributed by atoms with Crippen LogP contribution in [0.15, 0.2) is 18.3 Å². The first-order valence-electron chi connectivity index (χ1n) is 3.48. The molecular formula is C9H6ClNO2. The fourth-order valence-corrected chi connectivity index (χ4v) is 0.823. The molecule has 0 aliphatic rings. The van der Waals surface area contributed by atoms with Gasteiger partial charge in [0.05, 0.1) is 11.4 Å². The van der Waals surface area contributed by atoms with E-state index in [2.05, 4.69) is 16.8 Å². The molecule has 1 aromatic rings.